The van der Waals surface area contributed by atoms with Crippen molar-refractivity contribution >= 4 is 27.4 Å². The number of Topliss-reactive ketones (excluding diaryl/α,β-unsaturated/α-hetero) is 1. The molecule has 0 saturated carbocycles. The first-order valence-electron chi connectivity index (χ1n) is 4.16. The minimum Gasteiger partial charge on any atom is -0.499 e. The first kappa shape index (κ1) is 12.4. The zero-order valence-electron chi connectivity index (χ0n) is 8.27. The van der Waals surface area contributed by atoms with E-state index in [1.54, 1.807) is 0 Å². The summed E-state index contributed by atoms with van der Waals surface area (Å²) in [6.45, 7) is 0. The van der Waals surface area contributed by atoms with Crippen molar-refractivity contribution in [2.24, 2.45) is 0 Å². The van der Waals surface area contributed by atoms with Crippen molar-refractivity contribution in [1.82, 2.24) is 0 Å². The molecule has 1 N–H and O–H groups in total. The molecule has 0 amide bonds. The molecule has 0 aliphatic rings. The maximum absolute atomic E-state index is 11.4. The summed E-state index contributed by atoms with van der Waals surface area (Å²) in [6.07, 6.45) is 0. The van der Waals surface area contributed by atoms with Crippen LogP contribution in [-0.4, -0.2) is 28.3 Å². The van der Waals surface area contributed by atoms with Crippen LogP contribution >= 0.6 is 15.9 Å². The standard InChI is InChI=1S/C9H8BrNO5/c1-16-7-3-2-5(6(12)4-10)8(9(7)13)11(14)15/h2-3,13H,4H2,1H3. The van der Waals surface area contributed by atoms with Crippen LogP contribution in [0.15, 0.2) is 12.1 Å². The summed E-state index contributed by atoms with van der Waals surface area (Å²) in [7, 11) is 1.27. The molecule has 0 bridgehead atoms. The Morgan fingerprint density at radius 3 is 2.69 bits per heavy atom. The molecule has 16 heavy (non-hydrogen) atoms. The number of halogens is 1. The lowest BCUT2D eigenvalue weighted by Crippen LogP contribution is -2.05. The summed E-state index contributed by atoms with van der Waals surface area (Å²) in [5, 5.41) is 20.2. The average molecular weight is 290 g/mol. The SMILES string of the molecule is COc1ccc(C(=O)CBr)c([N+](=O)[O-])c1O. The second-order valence-corrected chi connectivity index (χ2v) is 3.39. The number of aromatic hydroxyl groups is 1. The summed E-state index contributed by atoms with van der Waals surface area (Å²) < 4.78 is 4.73. The molecule has 6 nitrogen and oxygen atoms in total. The maximum Gasteiger partial charge on any atom is 0.325 e. The minimum atomic E-state index is -0.812. The van der Waals surface area contributed by atoms with Crippen molar-refractivity contribution < 1.29 is 19.6 Å². The van der Waals surface area contributed by atoms with E-state index in [0.29, 0.717) is 0 Å². The van der Waals surface area contributed by atoms with E-state index >= 15 is 0 Å². The lowest BCUT2D eigenvalue weighted by atomic mass is 10.1. The van der Waals surface area contributed by atoms with Gasteiger partial charge < -0.3 is 9.84 Å². The van der Waals surface area contributed by atoms with Crippen molar-refractivity contribution in [3.05, 3.63) is 27.8 Å². The Labute approximate surface area is 99.1 Å². The number of nitrogens with zero attached hydrogens (tertiary/aromatic N) is 1. The van der Waals surface area contributed by atoms with Crippen molar-refractivity contribution in [3.63, 3.8) is 0 Å². The number of phenols is 1. The fraction of sp³-hybridized carbons (Fsp3) is 0.222. The van der Waals surface area contributed by atoms with Gasteiger partial charge in [-0.05, 0) is 12.1 Å². The van der Waals surface area contributed by atoms with Crippen LogP contribution in [0.5, 0.6) is 11.5 Å². The zero-order chi connectivity index (χ0) is 12.3. The van der Waals surface area contributed by atoms with Crippen molar-refractivity contribution in [2.45, 2.75) is 0 Å². The average Bonchev–Trinajstić information content (AvgIpc) is 2.26. The zero-order valence-corrected chi connectivity index (χ0v) is 9.85. The number of carbonyl (C=O) groups is 1. The van der Waals surface area contributed by atoms with Crippen molar-refractivity contribution in [1.29, 1.82) is 0 Å². The number of nitro benzene ring substituents is 1. The fourth-order valence-electron chi connectivity index (χ4n) is 1.21. The molecule has 1 rings (SSSR count). The number of alkyl halides is 1. The summed E-state index contributed by atoms with van der Waals surface area (Å²) in [6, 6.07) is 2.55. The predicted octanol–water partition coefficient (Wildman–Crippen LogP) is 1.89. The molecule has 0 saturated heterocycles. The monoisotopic (exact) mass is 289 g/mol. The number of rotatable bonds is 4. The molecule has 0 fully saturated rings. The highest BCUT2D eigenvalue weighted by Crippen LogP contribution is 2.38. The van der Waals surface area contributed by atoms with Crippen LogP contribution in [0.2, 0.25) is 0 Å². The van der Waals surface area contributed by atoms with Crippen LogP contribution in [-0.2, 0) is 0 Å². The predicted molar refractivity (Wildman–Crippen MR) is 59.4 cm³/mol. The van der Waals surface area contributed by atoms with Crippen LogP contribution in [0.4, 0.5) is 5.69 Å². The molecular weight excluding hydrogens is 282 g/mol. The number of methoxy groups -OCH3 is 1. The third-order valence-corrected chi connectivity index (χ3v) is 2.45. The van der Waals surface area contributed by atoms with E-state index in [4.69, 9.17) is 4.74 Å². The van der Waals surface area contributed by atoms with Crippen LogP contribution in [0.1, 0.15) is 10.4 Å². The van der Waals surface area contributed by atoms with E-state index in [1.807, 2.05) is 0 Å². The fourth-order valence-corrected chi connectivity index (χ4v) is 1.51. The maximum atomic E-state index is 11.4. The van der Waals surface area contributed by atoms with E-state index in [1.165, 1.54) is 19.2 Å². The summed E-state index contributed by atoms with van der Waals surface area (Å²) >= 11 is 2.91. The number of ether oxygens (including phenoxy) is 1. The number of hydrogen-bond acceptors (Lipinski definition) is 5. The highest BCUT2D eigenvalue weighted by molar-refractivity contribution is 9.09. The molecule has 0 aliphatic carbocycles. The summed E-state index contributed by atoms with van der Waals surface area (Å²) in [5.41, 5.74) is -0.788. The summed E-state index contributed by atoms with van der Waals surface area (Å²) in [4.78, 5) is 21.3. The number of phenolic OH excluding ortho intramolecular Hbond substituents is 1. The van der Waals surface area contributed by atoms with E-state index in [2.05, 4.69) is 15.9 Å². The van der Waals surface area contributed by atoms with Gasteiger partial charge in [0.15, 0.2) is 11.5 Å². The van der Waals surface area contributed by atoms with Gasteiger partial charge in [0, 0.05) is 0 Å². The van der Waals surface area contributed by atoms with Crippen LogP contribution < -0.4 is 4.74 Å². The van der Waals surface area contributed by atoms with Gasteiger partial charge in [0.25, 0.3) is 0 Å². The van der Waals surface area contributed by atoms with Crippen molar-refractivity contribution in [3.8, 4) is 11.5 Å². The van der Waals surface area contributed by atoms with Gasteiger partial charge in [-0.2, -0.15) is 0 Å². The van der Waals surface area contributed by atoms with Gasteiger partial charge in [-0.1, -0.05) is 15.9 Å². The molecule has 0 aromatic heterocycles. The Morgan fingerprint density at radius 1 is 1.62 bits per heavy atom. The molecule has 0 radical (unpaired) electrons. The van der Waals surface area contributed by atoms with Gasteiger partial charge in [-0.3, -0.25) is 14.9 Å². The van der Waals surface area contributed by atoms with E-state index < -0.39 is 22.1 Å². The number of nitro groups is 1. The summed E-state index contributed by atoms with van der Waals surface area (Å²) in [5.74, 6) is -1.17. The Bertz CT molecular complexity index is 446. The highest BCUT2D eigenvalue weighted by Gasteiger charge is 2.26. The van der Waals surface area contributed by atoms with Gasteiger partial charge in [0.2, 0.25) is 5.75 Å². The van der Waals surface area contributed by atoms with Gasteiger partial charge in [0.05, 0.1) is 17.4 Å². The van der Waals surface area contributed by atoms with Crippen molar-refractivity contribution in [2.75, 3.05) is 12.4 Å². The molecule has 0 aliphatic heterocycles. The highest BCUT2D eigenvalue weighted by atomic mass is 79.9. The third kappa shape index (κ3) is 2.13. The molecule has 0 spiro atoms. The Morgan fingerprint density at radius 2 is 2.25 bits per heavy atom. The molecule has 0 heterocycles. The minimum absolute atomic E-state index is 0.0437. The topological polar surface area (TPSA) is 89.7 Å². The molecular formula is C9H8BrNO5. The molecule has 7 heteroatoms. The molecule has 0 unspecified atom stereocenters. The number of ketones is 1. The smallest absolute Gasteiger partial charge is 0.325 e. The van der Waals surface area contributed by atoms with E-state index in [9.17, 15) is 20.0 Å². The second-order valence-electron chi connectivity index (χ2n) is 2.83. The molecule has 86 valence electrons. The first-order chi connectivity index (χ1) is 7.52. The van der Waals surface area contributed by atoms with Crippen LogP contribution in [0, 0.1) is 10.1 Å². The van der Waals surface area contributed by atoms with Gasteiger partial charge in [0.1, 0.15) is 5.56 Å². The quantitative estimate of drug-likeness (QED) is 0.396. The number of carbonyl (C=O) groups excluding carboxylic acids is 1. The molecule has 1 aromatic carbocycles. The van der Waals surface area contributed by atoms with Crippen LogP contribution in [0.25, 0.3) is 0 Å². The van der Waals surface area contributed by atoms with E-state index in [-0.39, 0.29) is 16.6 Å². The van der Waals surface area contributed by atoms with Gasteiger partial charge in [-0.25, -0.2) is 0 Å². The van der Waals surface area contributed by atoms with E-state index in [0.717, 1.165) is 0 Å². The normalized spacial score (nSPS) is 9.88. The number of benzene rings is 1. The van der Waals surface area contributed by atoms with Gasteiger partial charge in [-0.15, -0.1) is 0 Å². The lowest BCUT2D eigenvalue weighted by Gasteiger charge is -2.06. The Kier molecular flexibility index (Phi) is 3.83. The Hall–Kier alpha value is -1.63. The first-order valence-corrected chi connectivity index (χ1v) is 5.28. The molecule has 1 aromatic rings. The second kappa shape index (κ2) is 4.93. The Balaban J connectivity index is 3.46. The van der Waals surface area contributed by atoms with Gasteiger partial charge >= 0.3 is 5.69 Å². The lowest BCUT2D eigenvalue weighted by molar-refractivity contribution is -0.386. The largest absolute Gasteiger partial charge is 0.499 e. The molecule has 0 atom stereocenters. The number of hydrogen-bond donors (Lipinski definition) is 1. The van der Waals surface area contributed by atoms with Crippen LogP contribution in [0.3, 0.4) is 0 Å². The third-order valence-electron chi connectivity index (χ3n) is 1.94.